The zero-order valence-corrected chi connectivity index (χ0v) is 10.8. The van der Waals surface area contributed by atoms with E-state index < -0.39 is 0 Å². The molecule has 0 aliphatic rings. The van der Waals surface area contributed by atoms with Gasteiger partial charge in [-0.25, -0.2) is 0 Å². The summed E-state index contributed by atoms with van der Waals surface area (Å²) in [5.74, 6) is -0.130. The maximum atomic E-state index is 11.7. The van der Waals surface area contributed by atoms with E-state index in [2.05, 4.69) is 10.4 Å². The second-order valence-electron chi connectivity index (χ2n) is 3.75. The van der Waals surface area contributed by atoms with Crippen molar-refractivity contribution in [3.8, 4) is 0 Å². The third-order valence-corrected chi connectivity index (χ3v) is 3.08. The molecule has 5 nitrogen and oxygen atoms in total. The summed E-state index contributed by atoms with van der Waals surface area (Å²) in [6.45, 7) is 0.154. The molecule has 0 saturated heterocycles. The van der Waals surface area contributed by atoms with E-state index in [1.807, 2.05) is 30.5 Å². The molecule has 0 aliphatic heterocycles. The van der Waals surface area contributed by atoms with E-state index in [1.54, 1.807) is 18.0 Å². The number of amides is 1. The minimum Gasteiger partial charge on any atom is -0.396 e. The maximum absolute atomic E-state index is 11.7. The molecule has 1 aromatic carbocycles. The number of carbonyl (C=O) groups is 1. The molecule has 3 N–H and O–H groups in total. The average molecular weight is 262 g/mol. The van der Waals surface area contributed by atoms with Gasteiger partial charge in [0.15, 0.2) is 0 Å². The van der Waals surface area contributed by atoms with Crippen molar-refractivity contribution in [2.24, 2.45) is 0 Å². The van der Waals surface area contributed by atoms with Crippen LogP contribution in [0.1, 0.15) is 0 Å². The highest BCUT2D eigenvalue weighted by molar-refractivity contribution is 7.98. The molecule has 0 radical (unpaired) electrons. The van der Waals surface area contributed by atoms with Crippen LogP contribution in [0.25, 0.3) is 0 Å². The Morgan fingerprint density at radius 2 is 2.17 bits per heavy atom. The first-order chi connectivity index (χ1) is 8.67. The molecule has 0 atom stereocenters. The lowest BCUT2D eigenvalue weighted by Gasteiger charge is -2.05. The van der Waals surface area contributed by atoms with Gasteiger partial charge in [-0.3, -0.25) is 9.48 Å². The largest absolute Gasteiger partial charge is 0.396 e. The number of benzene rings is 1. The van der Waals surface area contributed by atoms with Crippen LogP contribution in [0, 0.1) is 0 Å². The van der Waals surface area contributed by atoms with Crippen molar-refractivity contribution in [3.05, 3.63) is 36.7 Å². The number of nitrogens with two attached hydrogens (primary N) is 1. The Kier molecular flexibility index (Phi) is 3.88. The Labute approximate surface area is 109 Å². The van der Waals surface area contributed by atoms with Crippen LogP contribution in [0.3, 0.4) is 0 Å². The molecule has 0 bridgehead atoms. The van der Waals surface area contributed by atoms with Gasteiger partial charge >= 0.3 is 0 Å². The predicted octanol–water partition coefficient (Wildman–Crippen LogP) is 1.83. The lowest BCUT2D eigenvalue weighted by Crippen LogP contribution is -2.18. The minimum atomic E-state index is -0.130. The molecule has 1 aromatic heterocycles. The quantitative estimate of drug-likeness (QED) is 0.824. The molecule has 2 rings (SSSR count). The van der Waals surface area contributed by atoms with E-state index in [0.717, 1.165) is 10.6 Å². The fourth-order valence-corrected chi connectivity index (χ4v) is 1.90. The third-order valence-electron chi connectivity index (χ3n) is 2.33. The van der Waals surface area contributed by atoms with E-state index in [0.29, 0.717) is 5.69 Å². The number of nitrogens with one attached hydrogen (secondary N) is 1. The van der Waals surface area contributed by atoms with Crippen molar-refractivity contribution < 1.29 is 4.79 Å². The zero-order chi connectivity index (χ0) is 13.0. The fraction of sp³-hybridized carbons (Fsp3) is 0.167. The van der Waals surface area contributed by atoms with Gasteiger partial charge in [0.1, 0.15) is 6.54 Å². The van der Waals surface area contributed by atoms with Crippen LogP contribution in [-0.2, 0) is 11.3 Å². The van der Waals surface area contributed by atoms with Crippen LogP contribution in [0.4, 0.5) is 11.4 Å². The van der Waals surface area contributed by atoms with Crippen molar-refractivity contribution in [1.29, 1.82) is 0 Å². The van der Waals surface area contributed by atoms with Crippen molar-refractivity contribution in [2.75, 3.05) is 17.3 Å². The highest BCUT2D eigenvalue weighted by atomic mass is 32.2. The lowest BCUT2D eigenvalue weighted by atomic mass is 10.3. The summed E-state index contributed by atoms with van der Waals surface area (Å²) >= 11 is 1.66. The standard InChI is InChI=1S/C12H14N4OS/c1-18-11-4-2-10(3-5-11)15-12(17)8-16-7-9(13)6-14-16/h2-7H,8,13H2,1H3,(H,15,17). The van der Waals surface area contributed by atoms with Crippen LogP contribution in [-0.4, -0.2) is 21.9 Å². The van der Waals surface area contributed by atoms with E-state index in [-0.39, 0.29) is 12.5 Å². The van der Waals surface area contributed by atoms with E-state index in [4.69, 9.17) is 5.73 Å². The number of nitrogen functional groups attached to an aromatic ring is 1. The summed E-state index contributed by atoms with van der Waals surface area (Å²) in [4.78, 5) is 12.9. The topological polar surface area (TPSA) is 72.9 Å². The highest BCUT2D eigenvalue weighted by Gasteiger charge is 2.04. The Balaban J connectivity index is 1.94. The number of hydrogen-bond donors (Lipinski definition) is 2. The normalized spacial score (nSPS) is 10.3. The maximum Gasteiger partial charge on any atom is 0.246 e. The Hall–Kier alpha value is -1.95. The molecule has 1 amide bonds. The van der Waals surface area contributed by atoms with E-state index in [9.17, 15) is 4.79 Å². The summed E-state index contributed by atoms with van der Waals surface area (Å²) in [5.41, 5.74) is 6.85. The van der Waals surface area contributed by atoms with Crippen molar-refractivity contribution >= 4 is 29.0 Å². The summed E-state index contributed by atoms with van der Waals surface area (Å²) in [6.07, 6.45) is 5.15. The second-order valence-corrected chi connectivity index (χ2v) is 4.63. The molecule has 6 heteroatoms. The third kappa shape index (κ3) is 3.27. The summed E-state index contributed by atoms with van der Waals surface area (Å²) in [5, 5.41) is 6.75. The number of rotatable bonds is 4. The van der Waals surface area contributed by atoms with Crippen molar-refractivity contribution in [1.82, 2.24) is 9.78 Å². The molecule has 0 unspecified atom stereocenters. The fourth-order valence-electron chi connectivity index (χ4n) is 1.49. The van der Waals surface area contributed by atoms with Crippen molar-refractivity contribution in [3.63, 3.8) is 0 Å². The van der Waals surface area contributed by atoms with Crippen LogP contribution < -0.4 is 11.1 Å². The smallest absolute Gasteiger partial charge is 0.246 e. The SMILES string of the molecule is CSc1ccc(NC(=O)Cn2cc(N)cn2)cc1. The number of nitrogens with zero attached hydrogens (tertiary/aromatic N) is 2. The molecule has 94 valence electrons. The Bertz CT molecular complexity index is 535. The lowest BCUT2D eigenvalue weighted by molar-refractivity contribution is -0.116. The van der Waals surface area contributed by atoms with Gasteiger partial charge < -0.3 is 11.1 Å². The number of anilines is 2. The highest BCUT2D eigenvalue weighted by Crippen LogP contribution is 2.17. The van der Waals surface area contributed by atoms with E-state index in [1.165, 1.54) is 10.9 Å². The first-order valence-corrected chi connectivity index (χ1v) is 6.61. The first kappa shape index (κ1) is 12.5. The molecule has 0 spiro atoms. The molecule has 1 heterocycles. The Morgan fingerprint density at radius 1 is 1.44 bits per heavy atom. The number of aromatic nitrogens is 2. The van der Waals surface area contributed by atoms with Gasteiger partial charge in [0, 0.05) is 16.8 Å². The van der Waals surface area contributed by atoms with Gasteiger partial charge in [-0.05, 0) is 30.5 Å². The number of hydrogen-bond acceptors (Lipinski definition) is 4. The van der Waals surface area contributed by atoms with Crippen molar-refractivity contribution in [2.45, 2.75) is 11.4 Å². The van der Waals surface area contributed by atoms with Gasteiger partial charge in [0.05, 0.1) is 11.9 Å². The van der Waals surface area contributed by atoms with Crippen LogP contribution >= 0.6 is 11.8 Å². The summed E-state index contributed by atoms with van der Waals surface area (Å²) in [7, 11) is 0. The predicted molar refractivity (Wildman–Crippen MR) is 73.5 cm³/mol. The van der Waals surface area contributed by atoms with Gasteiger partial charge in [-0.2, -0.15) is 5.10 Å². The molecular weight excluding hydrogens is 248 g/mol. The average Bonchev–Trinajstić information content (AvgIpc) is 2.75. The molecule has 18 heavy (non-hydrogen) atoms. The molecule has 0 aliphatic carbocycles. The molecule has 0 saturated carbocycles. The van der Waals surface area contributed by atoms with Gasteiger partial charge in [0.25, 0.3) is 0 Å². The van der Waals surface area contributed by atoms with Crippen LogP contribution in [0.15, 0.2) is 41.6 Å². The molecule has 2 aromatic rings. The minimum absolute atomic E-state index is 0.130. The van der Waals surface area contributed by atoms with Crippen LogP contribution in [0.5, 0.6) is 0 Å². The molecular formula is C12H14N4OS. The number of thioether (sulfide) groups is 1. The van der Waals surface area contributed by atoms with Crippen LogP contribution in [0.2, 0.25) is 0 Å². The monoisotopic (exact) mass is 262 g/mol. The Morgan fingerprint density at radius 3 is 2.72 bits per heavy atom. The molecule has 0 fully saturated rings. The summed E-state index contributed by atoms with van der Waals surface area (Å²) < 4.78 is 1.50. The zero-order valence-electron chi connectivity index (χ0n) is 9.96. The van der Waals surface area contributed by atoms with E-state index >= 15 is 0 Å². The number of carbonyl (C=O) groups excluding carboxylic acids is 1. The van der Waals surface area contributed by atoms with Gasteiger partial charge in [0.2, 0.25) is 5.91 Å². The second kappa shape index (κ2) is 5.59. The summed E-state index contributed by atoms with van der Waals surface area (Å²) in [6, 6.07) is 7.68. The first-order valence-electron chi connectivity index (χ1n) is 5.39. The van der Waals surface area contributed by atoms with Gasteiger partial charge in [-0.15, -0.1) is 11.8 Å². The van der Waals surface area contributed by atoms with Gasteiger partial charge in [-0.1, -0.05) is 0 Å².